The fourth-order valence-electron chi connectivity index (χ4n) is 5.09. The number of anilines is 1. The average molecular weight is 442 g/mol. The van der Waals surface area contributed by atoms with Crippen molar-refractivity contribution in [1.82, 2.24) is 10.2 Å². The zero-order chi connectivity index (χ0) is 22.6. The molecule has 7 heteroatoms. The van der Waals surface area contributed by atoms with Crippen LogP contribution in [-0.2, 0) is 10.2 Å². The molecule has 1 atom stereocenters. The van der Waals surface area contributed by atoms with E-state index in [1.807, 2.05) is 11.0 Å². The summed E-state index contributed by atoms with van der Waals surface area (Å²) in [7, 11) is 0. The van der Waals surface area contributed by atoms with Crippen LogP contribution in [0.25, 0.3) is 0 Å². The minimum Gasteiger partial charge on any atom is -0.342 e. The molecule has 0 aromatic heterocycles. The number of urea groups is 1. The Morgan fingerprint density at radius 2 is 1.72 bits per heavy atom. The quantitative estimate of drug-likeness (QED) is 0.698. The topological polar surface area (TPSA) is 61.4 Å². The third-order valence-corrected chi connectivity index (χ3v) is 6.68. The van der Waals surface area contributed by atoms with Crippen LogP contribution in [0.2, 0.25) is 0 Å². The number of benzene rings is 2. The van der Waals surface area contributed by atoms with Crippen molar-refractivity contribution in [3.63, 3.8) is 0 Å². The summed E-state index contributed by atoms with van der Waals surface area (Å²) in [6.45, 7) is 1.68. The number of carbonyl (C=O) groups excluding carboxylic acids is 2. The normalized spacial score (nSPS) is 20.1. The van der Waals surface area contributed by atoms with E-state index in [-0.39, 0.29) is 17.6 Å². The van der Waals surface area contributed by atoms with E-state index in [1.165, 1.54) is 30.3 Å². The van der Waals surface area contributed by atoms with Crippen LogP contribution in [0.5, 0.6) is 0 Å². The van der Waals surface area contributed by atoms with Gasteiger partial charge in [-0.05, 0) is 67.5 Å². The largest absolute Gasteiger partial charge is 0.342 e. The average Bonchev–Trinajstić information content (AvgIpc) is 3.29. The lowest BCUT2D eigenvalue weighted by Crippen LogP contribution is -2.51. The van der Waals surface area contributed by atoms with Crippen molar-refractivity contribution in [2.45, 2.75) is 43.9 Å². The van der Waals surface area contributed by atoms with Crippen LogP contribution in [0, 0.1) is 17.6 Å². The smallest absolute Gasteiger partial charge is 0.319 e. The summed E-state index contributed by atoms with van der Waals surface area (Å²) in [4.78, 5) is 27.8. The fourth-order valence-corrected chi connectivity index (χ4v) is 5.09. The first-order chi connectivity index (χ1) is 15.5. The molecule has 0 bridgehead atoms. The van der Waals surface area contributed by atoms with Crippen LogP contribution in [0.4, 0.5) is 19.3 Å². The van der Waals surface area contributed by atoms with Gasteiger partial charge in [-0.15, -0.1) is 0 Å². The van der Waals surface area contributed by atoms with Crippen molar-refractivity contribution in [1.29, 1.82) is 0 Å². The highest BCUT2D eigenvalue weighted by Gasteiger charge is 2.45. The summed E-state index contributed by atoms with van der Waals surface area (Å²) in [5, 5.41) is 5.47. The molecule has 32 heavy (non-hydrogen) atoms. The molecular formula is C25H29F2N3O2. The number of piperidine rings is 1. The predicted molar refractivity (Wildman–Crippen MR) is 119 cm³/mol. The maximum atomic E-state index is 13.9. The number of likely N-dealkylation sites (tertiary alicyclic amines) is 1. The SMILES string of the molecule is O=C(NCC1CCCN(C(=O)C2(c3cccc(F)c3)CCCC2)C1)Nc1cccc(F)c1. The summed E-state index contributed by atoms with van der Waals surface area (Å²) in [6.07, 6.45) is 5.18. The number of nitrogens with one attached hydrogen (secondary N) is 2. The lowest BCUT2D eigenvalue weighted by molar-refractivity contribution is -0.139. The summed E-state index contributed by atoms with van der Waals surface area (Å²) < 4.78 is 27.2. The van der Waals surface area contributed by atoms with Gasteiger partial charge in [-0.2, -0.15) is 0 Å². The number of hydrogen-bond acceptors (Lipinski definition) is 2. The van der Waals surface area contributed by atoms with Gasteiger partial charge in [0.2, 0.25) is 5.91 Å². The van der Waals surface area contributed by atoms with E-state index in [0.717, 1.165) is 44.1 Å². The molecule has 1 aliphatic carbocycles. The zero-order valence-electron chi connectivity index (χ0n) is 18.1. The first-order valence-electron chi connectivity index (χ1n) is 11.3. The summed E-state index contributed by atoms with van der Waals surface area (Å²) >= 11 is 0. The standard InChI is InChI=1S/C25H29F2N3O2/c26-20-8-3-7-19(14-20)25(11-1-2-12-25)23(31)30-13-5-6-18(17-30)16-28-24(32)29-22-10-4-9-21(27)15-22/h3-4,7-10,14-15,18H,1-2,5-6,11-13,16-17H2,(H2,28,29,32). The van der Waals surface area contributed by atoms with E-state index in [0.29, 0.717) is 25.3 Å². The number of halogens is 2. The molecule has 1 aliphatic heterocycles. The zero-order valence-corrected chi connectivity index (χ0v) is 18.1. The Kier molecular flexibility index (Phi) is 6.72. The van der Waals surface area contributed by atoms with Gasteiger partial charge in [-0.3, -0.25) is 4.79 Å². The molecule has 2 N–H and O–H groups in total. The van der Waals surface area contributed by atoms with Crippen LogP contribution in [0.1, 0.15) is 44.1 Å². The monoisotopic (exact) mass is 441 g/mol. The molecule has 2 aromatic rings. The lowest BCUT2D eigenvalue weighted by Gasteiger charge is -2.39. The second-order valence-corrected chi connectivity index (χ2v) is 8.90. The fraction of sp³-hybridized carbons (Fsp3) is 0.440. The van der Waals surface area contributed by atoms with E-state index >= 15 is 0 Å². The van der Waals surface area contributed by atoms with Gasteiger partial charge < -0.3 is 15.5 Å². The van der Waals surface area contributed by atoms with Crippen molar-refractivity contribution in [2.24, 2.45) is 5.92 Å². The highest BCUT2D eigenvalue weighted by molar-refractivity contribution is 5.89. The highest BCUT2D eigenvalue weighted by atomic mass is 19.1. The van der Waals surface area contributed by atoms with Gasteiger partial charge in [0.15, 0.2) is 0 Å². The molecule has 2 fully saturated rings. The predicted octanol–water partition coefficient (Wildman–Crippen LogP) is 4.84. The second-order valence-electron chi connectivity index (χ2n) is 8.90. The van der Waals surface area contributed by atoms with E-state index < -0.39 is 17.3 Å². The van der Waals surface area contributed by atoms with Gasteiger partial charge in [0, 0.05) is 25.3 Å². The minimum atomic E-state index is -0.647. The van der Waals surface area contributed by atoms with Gasteiger partial charge in [0.25, 0.3) is 0 Å². The molecule has 1 unspecified atom stereocenters. The number of nitrogens with zero attached hydrogens (tertiary/aromatic N) is 1. The number of hydrogen-bond donors (Lipinski definition) is 2. The molecule has 1 saturated carbocycles. The van der Waals surface area contributed by atoms with Crippen molar-refractivity contribution in [3.8, 4) is 0 Å². The van der Waals surface area contributed by atoms with E-state index in [1.54, 1.807) is 12.1 Å². The molecule has 2 aromatic carbocycles. The summed E-state index contributed by atoms with van der Waals surface area (Å²) in [6, 6.07) is 11.8. The van der Waals surface area contributed by atoms with E-state index in [9.17, 15) is 18.4 Å². The Hall–Kier alpha value is -2.96. The first kappa shape index (κ1) is 22.2. The third kappa shape index (κ3) is 4.92. The van der Waals surface area contributed by atoms with Gasteiger partial charge in [-0.1, -0.05) is 31.0 Å². The molecule has 1 saturated heterocycles. The molecule has 4 rings (SSSR count). The Bertz CT molecular complexity index is 975. The molecule has 0 radical (unpaired) electrons. The molecule has 0 spiro atoms. The Morgan fingerprint density at radius 1 is 1.00 bits per heavy atom. The van der Waals surface area contributed by atoms with Crippen molar-refractivity contribution >= 4 is 17.6 Å². The van der Waals surface area contributed by atoms with Crippen molar-refractivity contribution in [2.75, 3.05) is 25.0 Å². The minimum absolute atomic E-state index is 0.0783. The Balaban J connectivity index is 1.37. The van der Waals surface area contributed by atoms with E-state index in [2.05, 4.69) is 10.6 Å². The number of amides is 3. The second kappa shape index (κ2) is 9.67. The van der Waals surface area contributed by atoms with Crippen molar-refractivity contribution < 1.29 is 18.4 Å². The number of rotatable bonds is 5. The molecular weight excluding hydrogens is 412 g/mol. The van der Waals surface area contributed by atoms with E-state index in [4.69, 9.17) is 0 Å². The molecule has 5 nitrogen and oxygen atoms in total. The van der Waals surface area contributed by atoms with Crippen molar-refractivity contribution in [3.05, 3.63) is 65.7 Å². The van der Waals surface area contributed by atoms with Crippen LogP contribution in [0.15, 0.2) is 48.5 Å². The van der Waals surface area contributed by atoms with Crippen LogP contribution in [-0.4, -0.2) is 36.5 Å². The molecule has 170 valence electrons. The molecule has 3 amide bonds. The first-order valence-corrected chi connectivity index (χ1v) is 11.3. The van der Waals surface area contributed by atoms with Gasteiger partial charge in [-0.25, -0.2) is 13.6 Å². The maximum Gasteiger partial charge on any atom is 0.319 e. The van der Waals surface area contributed by atoms with Crippen LogP contribution >= 0.6 is 0 Å². The van der Waals surface area contributed by atoms with Crippen LogP contribution in [0.3, 0.4) is 0 Å². The Labute approximate surface area is 187 Å². The Morgan fingerprint density at radius 3 is 2.44 bits per heavy atom. The summed E-state index contributed by atoms with van der Waals surface area (Å²) in [5.74, 6) is -0.513. The van der Waals surface area contributed by atoms with Gasteiger partial charge in [0.1, 0.15) is 11.6 Å². The van der Waals surface area contributed by atoms with Gasteiger partial charge >= 0.3 is 6.03 Å². The molecule has 1 heterocycles. The maximum absolute atomic E-state index is 13.9. The number of carbonyl (C=O) groups is 2. The highest BCUT2D eigenvalue weighted by Crippen LogP contribution is 2.43. The lowest BCUT2D eigenvalue weighted by atomic mass is 9.77. The molecule has 2 aliphatic rings. The third-order valence-electron chi connectivity index (χ3n) is 6.68. The van der Waals surface area contributed by atoms with Gasteiger partial charge in [0.05, 0.1) is 5.41 Å². The summed E-state index contributed by atoms with van der Waals surface area (Å²) in [5.41, 5.74) is 0.516. The van der Waals surface area contributed by atoms with Crippen LogP contribution < -0.4 is 10.6 Å².